The van der Waals surface area contributed by atoms with E-state index in [-0.39, 0.29) is 12.8 Å². The summed E-state index contributed by atoms with van der Waals surface area (Å²) in [7, 11) is 1.18. The number of hydrogen-bond donors (Lipinski definition) is 2. The van der Waals surface area contributed by atoms with E-state index in [0.29, 0.717) is 5.56 Å². The Kier molecular flexibility index (Phi) is 8.22. The highest BCUT2D eigenvalue weighted by Gasteiger charge is 2.30. The van der Waals surface area contributed by atoms with E-state index in [1.807, 2.05) is 6.07 Å². The third-order valence-electron chi connectivity index (χ3n) is 3.78. The lowest BCUT2D eigenvalue weighted by atomic mass is 9.97. The lowest BCUT2D eigenvalue weighted by Gasteiger charge is -2.24. The van der Waals surface area contributed by atoms with Crippen molar-refractivity contribution in [3.63, 3.8) is 0 Å². The summed E-state index contributed by atoms with van der Waals surface area (Å²) in [4.78, 5) is 36.0. The van der Waals surface area contributed by atoms with E-state index in [1.165, 1.54) is 38.3 Å². The van der Waals surface area contributed by atoms with Crippen molar-refractivity contribution in [3.05, 3.63) is 35.6 Å². The fraction of sp³-hybridized carbons (Fsp3) is 0.444. The number of carbonyl (C=O) groups excluding carboxylic acids is 3. The van der Waals surface area contributed by atoms with Gasteiger partial charge in [0.2, 0.25) is 11.8 Å². The monoisotopic (exact) mass is 363 g/mol. The third kappa shape index (κ3) is 6.51. The molecule has 0 aliphatic rings. The molecule has 0 aromatic heterocycles. The summed E-state index contributed by atoms with van der Waals surface area (Å²) in [6.45, 7) is 2.90. The Hall–Kier alpha value is -2.95. The fourth-order valence-corrected chi connectivity index (χ4v) is 2.39. The summed E-state index contributed by atoms with van der Waals surface area (Å²) in [5, 5.41) is 13.9. The molecule has 0 bridgehead atoms. The first-order valence-electron chi connectivity index (χ1n) is 8.05. The van der Waals surface area contributed by atoms with Gasteiger partial charge in [0.15, 0.2) is 0 Å². The molecule has 0 radical (unpaired) electrons. The predicted octanol–water partition coefficient (Wildman–Crippen LogP) is 1.08. The highest BCUT2D eigenvalue weighted by atomic mass is 19.1. The van der Waals surface area contributed by atoms with Crippen LogP contribution in [0.25, 0.3) is 0 Å². The van der Waals surface area contributed by atoms with E-state index in [4.69, 9.17) is 5.26 Å². The van der Waals surface area contributed by atoms with Gasteiger partial charge >= 0.3 is 5.97 Å². The van der Waals surface area contributed by atoms with Gasteiger partial charge in [0.25, 0.3) is 0 Å². The van der Waals surface area contributed by atoms with Gasteiger partial charge in [-0.25, -0.2) is 9.18 Å². The van der Waals surface area contributed by atoms with Crippen LogP contribution in [0.1, 0.15) is 25.8 Å². The van der Waals surface area contributed by atoms with E-state index >= 15 is 0 Å². The van der Waals surface area contributed by atoms with Gasteiger partial charge in [-0.2, -0.15) is 5.26 Å². The number of esters is 1. The summed E-state index contributed by atoms with van der Waals surface area (Å²) < 4.78 is 17.7. The van der Waals surface area contributed by atoms with Crippen LogP contribution in [0.15, 0.2) is 24.3 Å². The fourth-order valence-electron chi connectivity index (χ4n) is 2.39. The van der Waals surface area contributed by atoms with Crippen molar-refractivity contribution in [1.29, 1.82) is 5.26 Å². The van der Waals surface area contributed by atoms with Crippen molar-refractivity contribution in [2.45, 2.75) is 38.8 Å². The van der Waals surface area contributed by atoms with E-state index < -0.39 is 41.6 Å². The second-order valence-corrected chi connectivity index (χ2v) is 5.93. The summed E-state index contributed by atoms with van der Waals surface area (Å²) in [5.74, 6) is -2.58. The molecule has 7 nitrogen and oxygen atoms in total. The molecule has 0 heterocycles. The van der Waals surface area contributed by atoms with Crippen molar-refractivity contribution in [1.82, 2.24) is 10.6 Å². The molecule has 0 saturated carbocycles. The van der Waals surface area contributed by atoms with Gasteiger partial charge in [-0.05, 0) is 17.7 Å². The molecule has 0 unspecified atom stereocenters. The van der Waals surface area contributed by atoms with Gasteiger partial charge < -0.3 is 15.4 Å². The molecule has 1 aromatic carbocycles. The number of halogens is 1. The van der Waals surface area contributed by atoms with Crippen molar-refractivity contribution >= 4 is 17.8 Å². The van der Waals surface area contributed by atoms with Crippen LogP contribution in [-0.2, 0) is 25.5 Å². The lowest BCUT2D eigenvalue weighted by Crippen LogP contribution is -2.54. The van der Waals surface area contributed by atoms with Crippen molar-refractivity contribution in [2.24, 2.45) is 5.92 Å². The van der Waals surface area contributed by atoms with Crippen molar-refractivity contribution in [3.8, 4) is 6.07 Å². The van der Waals surface area contributed by atoms with Gasteiger partial charge in [0.1, 0.15) is 17.9 Å². The highest BCUT2D eigenvalue weighted by molar-refractivity contribution is 5.90. The normalized spacial score (nSPS) is 13.7. The summed E-state index contributed by atoms with van der Waals surface area (Å²) in [6, 6.07) is 5.49. The molecule has 140 valence electrons. The van der Waals surface area contributed by atoms with Gasteiger partial charge in [-0.15, -0.1) is 0 Å². The molecule has 2 amide bonds. The minimum atomic E-state index is -1.02. The van der Waals surface area contributed by atoms with Gasteiger partial charge in [0, 0.05) is 25.7 Å². The molecular weight excluding hydrogens is 341 g/mol. The maximum atomic E-state index is 13.0. The second kappa shape index (κ2) is 10.1. The molecular formula is C18H22FN3O4. The molecule has 3 atom stereocenters. The van der Waals surface area contributed by atoms with Crippen molar-refractivity contribution in [2.75, 3.05) is 7.11 Å². The standard InChI is InChI=1S/C18H22FN3O4/c1-11(8-9-20)16(18(25)26-3)22-17(24)15(21-12(2)23)10-13-4-6-14(19)7-5-13/h4-7,11,15-16H,8,10H2,1-3H3,(H,21,23)(H,22,24)/t11-,15+,16+/m1/s1. The Morgan fingerprint density at radius 1 is 1.23 bits per heavy atom. The number of nitrogens with zero attached hydrogens (tertiary/aromatic N) is 1. The maximum Gasteiger partial charge on any atom is 0.328 e. The first kappa shape index (κ1) is 21.1. The molecule has 8 heteroatoms. The summed E-state index contributed by atoms with van der Waals surface area (Å²) >= 11 is 0. The number of nitriles is 1. The first-order valence-corrected chi connectivity index (χ1v) is 8.05. The average molecular weight is 363 g/mol. The van der Waals surface area contributed by atoms with Crippen LogP contribution in [-0.4, -0.2) is 37.0 Å². The van der Waals surface area contributed by atoms with Crippen LogP contribution in [0.2, 0.25) is 0 Å². The molecule has 1 aromatic rings. The van der Waals surface area contributed by atoms with E-state index in [0.717, 1.165) is 0 Å². The maximum absolute atomic E-state index is 13.0. The molecule has 26 heavy (non-hydrogen) atoms. The Balaban J connectivity index is 2.95. The number of benzene rings is 1. The number of nitrogens with one attached hydrogen (secondary N) is 2. The number of hydrogen-bond acceptors (Lipinski definition) is 5. The van der Waals surface area contributed by atoms with Crippen LogP contribution >= 0.6 is 0 Å². The minimum absolute atomic E-state index is 0.0445. The third-order valence-corrected chi connectivity index (χ3v) is 3.78. The molecule has 0 fully saturated rings. The van der Waals surface area contributed by atoms with E-state index in [1.54, 1.807) is 6.92 Å². The predicted molar refractivity (Wildman–Crippen MR) is 91.0 cm³/mol. The first-order chi connectivity index (χ1) is 12.3. The Bertz CT molecular complexity index is 685. The zero-order valence-corrected chi connectivity index (χ0v) is 14.9. The van der Waals surface area contributed by atoms with Crippen LogP contribution in [0.5, 0.6) is 0 Å². The number of ether oxygens (including phenoxy) is 1. The van der Waals surface area contributed by atoms with Crippen LogP contribution in [0, 0.1) is 23.1 Å². The smallest absolute Gasteiger partial charge is 0.328 e. The Labute approximate surface area is 151 Å². The number of carbonyl (C=O) groups is 3. The number of methoxy groups -OCH3 is 1. The number of rotatable bonds is 8. The molecule has 0 spiro atoms. The zero-order chi connectivity index (χ0) is 19.7. The highest BCUT2D eigenvalue weighted by Crippen LogP contribution is 2.11. The largest absolute Gasteiger partial charge is 0.467 e. The van der Waals surface area contributed by atoms with Crippen molar-refractivity contribution < 1.29 is 23.5 Å². The summed E-state index contributed by atoms with van der Waals surface area (Å²) in [5.41, 5.74) is 0.639. The van der Waals surface area contributed by atoms with E-state index in [9.17, 15) is 18.8 Å². The minimum Gasteiger partial charge on any atom is -0.467 e. The summed E-state index contributed by atoms with van der Waals surface area (Å²) in [6.07, 6.45) is 0.162. The van der Waals surface area contributed by atoms with E-state index in [2.05, 4.69) is 15.4 Å². The Morgan fingerprint density at radius 3 is 2.35 bits per heavy atom. The van der Waals surface area contributed by atoms with Gasteiger partial charge in [-0.3, -0.25) is 9.59 Å². The lowest BCUT2D eigenvalue weighted by molar-refractivity contribution is -0.146. The Morgan fingerprint density at radius 2 is 1.85 bits per heavy atom. The van der Waals surface area contributed by atoms with Crippen LogP contribution in [0.3, 0.4) is 0 Å². The molecule has 2 N–H and O–H groups in total. The van der Waals surface area contributed by atoms with Gasteiger partial charge in [0.05, 0.1) is 13.2 Å². The van der Waals surface area contributed by atoms with Gasteiger partial charge in [-0.1, -0.05) is 19.1 Å². The topological polar surface area (TPSA) is 108 Å². The average Bonchev–Trinajstić information content (AvgIpc) is 2.59. The van der Waals surface area contributed by atoms with Crippen LogP contribution < -0.4 is 10.6 Å². The molecule has 0 saturated heterocycles. The number of amides is 2. The SMILES string of the molecule is COC(=O)[C@@H](NC(=O)[C@H](Cc1ccc(F)cc1)NC(C)=O)[C@H](C)CC#N. The molecule has 0 aliphatic heterocycles. The molecule has 1 rings (SSSR count). The van der Waals surface area contributed by atoms with Crippen LogP contribution in [0.4, 0.5) is 4.39 Å². The zero-order valence-electron chi connectivity index (χ0n) is 14.9. The second-order valence-electron chi connectivity index (χ2n) is 5.93. The molecule has 0 aliphatic carbocycles. The quantitative estimate of drug-likeness (QED) is 0.672.